The van der Waals surface area contributed by atoms with Gasteiger partial charge in [-0.2, -0.15) is 0 Å². The molecule has 8 heteroatoms. The molecular weight excluding hydrogens is 354 g/mol. The van der Waals surface area contributed by atoms with E-state index in [1.54, 1.807) is 6.20 Å². The largest absolute Gasteiger partial charge is 0.371 e. The Morgan fingerprint density at radius 1 is 1.19 bits per heavy atom. The van der Waals surface area contributed by atoms with Crippen molar-refractivity contribution in [2.45, 2.75) is 37.5 Å². The van der Waals surface area contributed by atoms with Crippen LogP contribution in [0, 0.1) is 0 Å². The van der Waals surface area contributed by atoms with Crippen molar-refractivity contribution >= 4 is 18.3 Å². The first-order valence-electron chi connectivity index (χ1n) is 8.91. The maximum Gasteiger partial charge on any atom is 0.273 e. The molecule has 1 aromatic carbocycles. The Bertz CT molecular complexity index is 717. The number of piperidine rings is 1. The van der Waals surface area contributed by atoms with Crippen LogP contribution in [0.25, 0.3) is 0 Å². The van der Waals surface area contributed by atoms with Crippen molar-refractivity contribution in [2.24, 2.45) is 0 Å². The van der Waals surface area contributed by atoms with Crippen LogP contribution in [0.4, 0.5) is 0 Å². The summed E-state index contributed by atoms with van der Waals surface area (Å²) in [5, 5.41) is 14.6. The van der Waals surface area contributed by atoms with Crippen LogP contribution in [0.1, 0.15) is 47.5 Å². The number of carbonyl (C=O) groups is 1. The highest BCUT2D eigenvalue weighted by molar-refractivity contribution is 5.92. The summed E-state index contributed by atoms with van der Waals surface area (Å²) in [6, 6.07) is 10.3. The van der Waals surface area contributed by atoms with Gasteiger partial charge < -0.3 is 15.4 Å². The van der Waals surface area contributed by atoms with E-state index in [1.165, 1.54) is 0 Å². The SMILES string of the molecule is Cl.O=C(NC1CCOC1c1ccccc1)c1cn(C2CCNCC2)nn1. The fourth-order valence-corrected chi connectivity index (χ4v) is 3.58. The van der Waals surface area contributed by atoms with E-state index >= 15 is 0 Å². The molecule has 0 aliphatic carbocycles. The molecule has 2 aliphatic rings. The third-order valence-corrected chi connectivity index (χ3v) is 4.96. The minimum Gasteiger partial charge on any atom is -0.371 e. The zero-order valence-electron chi connectivity index (χ0n) is 14.5. The van der Waals surface area contributed by atoms with Crippen molar-refractivity contribution in [3.8, 4) is 0 Å². The topological polar surface area (TPSA) is 81.1 Å². The van der Waals surface area contributed by atoms with Gasteiger partial charge >= 0.3 is 0 Å². The molecular formula is C18H24ClN5O2. The Morgan fingerprint density at radius 2 is 1.96 bits per heavy atom. The highest BCUT2D eigenvalue weighted by Crippen LogP contribution is 2.29. The van der Waals surface area contributed by atoms with E-state index < -0.39 is 0 Å². The molecule has 2 saturated heterocycles. The summed E-state index contributed by atoms with van der Waals surface area (Å²) < 4.78 is 7.65. The lowest BCUT2D eigenvalue weighted by Gasteiger charge is -2.22. The lowest BCUT2D eigenvalue weighted by Crippen LogP contribution is -2.37. The Labute approximate surface area is 158 Å². The predicted octanol–water partition coefficient (Wildman–Crippen LogP) is 1.88. The van der Waals surface area contributed by atoms with Crippen LogP contribution < -0.4 is 10.6 Å². The lowest BCUT2D eigenvalue weighted by molar-refractivity contribution is 0.0818. The van der Waals surface area contributed by atoms with E-state index in [2.05, 4.69) is 20.9 Å². The van der Waals surface area contributed by atoms with Gasteiger partial charge in [-0.3, -0.25) is 4.79 Å². The Kier molecular flexibility index (Phi) is 6.24. The molecule has 2 fully saturated rings. The second kappa shape index (κ2) is 8.62. The minimum absolute atomic E-state index is 0. The maximum absolute atomic E-state index is 12.6. The average Bonchev–Trinajstić information content (AvgIpc) is 3.33. The molecule has 1 aromatic heterocycles. The molecule has 2 aromatic rings. The first kappa shape index (κ1) is 18.8. The van der Waals surface area contributed by atoms with Crippen LogP contribution in [0.15, 0.2) is 36.5 Å². The summed E-state index contributed by atoms with van der Waals surface area (Å²) in [6.07, 6.45) is 4.48. The molecule has 7 nitrogen and oxygen atoms in total. The number of rotatable bonds is 4. The third kappa shape index (κ3) is 4.06. The van der Waals surface area contributed by atoms with Crippen molar-refractivity contribution in [1.29, 1.82) is 0 Å². The van der Waals surface area contributed by atoms with Crippen LogP contribution in [0.5, 0.6) is 0 Å². The van der Waals surface area contributed by atoms with Crippen molar-refractivity contribution in [2.75, 3.05) is 19.7 Å². The highest BCUT2D eigenvalue weighted by atomic mass is 35.5. The van der Waals surface area contributed by atoms with Gasteiger partial charge in [-0.1, -0.05) is 35.5 Å². The van der Waals surface area contributed by atoms with Gasteiger partial charge in [-0.15, -0.1) is 17.5 Å². The lowest BCUT2D eigenvalue weighted by atomic mass is 10.0. The van der Waals surface area contributed by atoms with Gasteiger partial charge in [0.25, 0.3) is 5.91 Å². The fourth-order valence-electron chi connectivity index (χ4n) is 3.58. The van der Waals surface area contributed by atoms with E-state index in [9.17, 15) is 4.79 Å². The number of aromatic nitrogens is 3. The first-order valence-corrected chi connectivity index (χ1v) is 8.91. The third-order valence-electron chi connectivity index (χ3n) is 4.96. The number of amides is 1. The number of ether oxygens (including phenoxy) is 1. The van der Waals surface area contributed by atoms with E-state index in [-0.39, 0.29) is 30.5 Å². The molecule has 0 saturated carbocycles. The minimum atomic E-state index is -0.184. The van der Waals surface area contributed by atoms with Crippen molar-refractivity contribution in [1.82, 2.24) is 25.6 Å². The van der Waals surface area contributed by atoms with Crippen molar-refractivity contribution < 1.29 is 9.53 Å². The molecule has 0 radical (unpaired) electrons. The van der Waals surface area contributed by atoms with Gasteiger partial charge in [0.05, 0.1) is 18.3 Å². The number of halogens is 1. The van der Waals surface area contributed by atoms with Crippen LogP contribution in [-0.2, 0) is 4.74 Å². The quantitative estimate of drug-likeness (QED) is 0.850. The number of benzene rings is 1. The Hall–Kier alpha value is -1.96. The zero-order valence-corrected chi connectivity index (χ0v) is 15.3. The van der Waals surface area contributed by atoms with E-state index in [4.69, 9.17) is 4.74 Å². The van der Waals surface area contributed by atoms with Crippen LogP contribution in [0.2, 0.25) is 0 Å². The number of nitrogens with zero attached hydrogens (tertiary/aromatic N) is 3. The molecule has 1 amide bonds. The zero-order chi connectivity index (χ0) is 17.1. The smallest absolute Gasteiger partial charge is 0.273 e. The molecule has 3 heterocycles. The van der Waals surface area contributed by atoms with Crippen LogP contribution in [-0.4, -0.2) is 46.6 Å². The summed E-state index contributed by atoms with van der Waals surface area (Å²) in [6.45, 7) is 2.60. The number of hydrogen-bond acceptors (Lipinski definition) is 5. The van der Waals surface area contributed by atoms with Gasteiger partial charge in [-0.05, 0) is 37.9 Å². The van der Waals surface area contributed by atoms with E-state index in [0.29, 0.717) is 18.3 Å². The predicted molar refractivity (Wildman–Crippen MR) is 99.4 cm³/mol. The molecule has 0 bridgehead atoms. The molecule has 26 heavy (non-hydrogen) atoms. The van der Waals surface area contributed by atoms with Gasteiger partial charge in [0.1, 0.15) is 6.10 Å². The molecule has 0 spiro atoms. The number of carbonyl (C=O) groups excluding carboxylic acids is 1. The normalized spacial score (nSPS) is 23.4. The molecule has 140 valence electrons. The average molecular weight is 378 g/mol. The first-order chi connectivity index (χ1) is 12.3. The second-order valence-electron chi connectivity index (χ2n) is 6.64. The molecule has 2 unspecified atom stereocenters. The summed E-state index contributed by atoms with van der Waals surface area (Å²) >= 11 is 0. The van der Waals surface area contributed by atoms with Crippen LogP contribution >= 0.6 is 12.4 Å². The summed E-state index contributed by atoms with van der Waals surface area (Å²) in [5.41, 5.74) is 1.46. The fraction of sp³-hybridized carbons (Fsp3) is 0.500. The van der Waals surface area contributed by atoms with E-state index in [0.717, 1.165) is 37.9 Å². The number of hydrogen-bond donors (Lipinski definition) is 2. The Balaban J connectivity index is 0.00000196. The van der Waals surface area contributed by atoms with Gasteiger partial charge in [0.15, 0.2) is 5.69 Å². The highest BCUT2D eigenvalue weighted by Gasteiger charge is 2.31. The summed E-state index contributed by atoms with van der Waals surface area (Å²) in [5.74, 6) is -0.184. The van der Waals surface area contributed by atoms with Crippen molar-refractivity contribution in [3.63, 3.8) is 0 Å². The summed E-state index contributed by atoms with van der Waals surface area (Å²) in [4.78, 5) is 12.6. The number of nitrogens with one attached hydrogen (secondary N) is 2. The van der Waals surface area contributed by atoms with Crippen molar-refractivity contribution in [3.05, 3.63) is 47.8 Å². The maximum atomic E-state index is 12.6. The van der Waals surface area contributed by atoms with Gasteiger partial charge in [0.2, 0.25) is 0 Å². The molecule has 2 aliphatic heterocycles. The monoisotopic (exact) mass is 377 g/mol. The van der Waals surface area contributed by atoms with E-state index in [1.807, 2.05) is 35.0 Å². The summed E-state index contributed by atoms with van der Waals surface area (Å²) in [7, 11) is 0. The van der Waals surface area contributed by atoms with Gasteiger partial charge in [-0.25, -0.2) is 4.68 Å². The van der Waals surface area contributed by atoms with Crippen LogP contribution in [0.3, 0.4) is 0 Å². The van der Waals surface area contributed by atoms with Gasteiger partial charge in [0, 0.05) is 6.61 Å². The molecule has 4 rings (SSSR count). The molecule has 2 N–H and O–H groups in total. The molecule has 2 atom stereocenters. The standard InChI is InChI=1S/C18H23N5O2.ClH/c24-18(16-12-23(22-21-16)14-6-9-19-10-7-14)20-15-8-11-25-17(15)13-4-2-1-3-5-13;/h1-5,12,14-15,17,19H,6-11H2,(H,20,24);1H. The Morgan fingerprint density at radius 3 is 2.73 bits per heavy atom. The second-order valence-corrected chi connectivity index (χ2v) is 6.64.